The Hall–Kier alpha value is -2.30. The minimum atomic E-state index is 0.518. The van der Waals surface area contributed by atoms with Gasteiger partial charge in [-0.25, -0.2) is 0 Å². The van der Waals surface area contributed by atoms with Crippen LogP contribution in [0.5, 0.6) is 0 Å². The Balaban J connectivity index is 1.33. The van der Waals surface area contributed by atoms with Crippen molar-refractivity contribution in [1.82, 2.24) is 0 Å². The molecule has 0 saturated heterocycles. The van der Waals surface area contributed by atoms with Gasteiger partial charge in [0.2, 0.25) is 0 Å². The zero-order valence-electron chi connectivity index (χ0n) is 19.0. The summed E-state index contributed by atoms with van der Waals surface area (Å²) >= 11 is 0. The van der Waals surface area contributed by atoms with Gasteiger partial charge in [-0.3, -0.25) is 0 Å². The summed E-state index contributed by atoms with van der Waals surface area (Å²) in [6, 6.07) is 17.6. The average Bonchev–Trinajstić information content (AvgIpc) is 2.82. The summed E-state index contributed by atoms with van der Waals surface area (Å²) in [5, 5.41) is 0. The highest BCUT2D eigenvalue weighted by molar-refractivity contribution is 5.44. The molecule has 4 rings (SSSR count). The molecule has 0 bridgehead atoms. The molecule has 31 heavy (non-hydrogen) atoms. The predicted molar refractivity (Wildman–Crippen MR) is 130 cm³/mol. The quantitative estimate of drug-likeness (QED) is 0.357. The van der Waals surface area contributed by atoms with Crippen molar-refractivity contribution in [3.8, 4) is 11.8 Å². The van der Waals surface area contributed by atoms with Crippen LogP contribution in [0, 0.1) is 23.7 Å². The molecular weight excluding hydrogens is 376 g/mol. The first-order valence-electron chi connectivity index (χ1n) is 12.2. The Labute approximate surface area is 188 Å². The Morgan fingerprint density at radius 1 is 0.871 bits per heavy atom. The fourth-order valence-corrected chi connectivity index (χ4v) is 5.54. The van der Waals surface area contributed by atoms with Crippen molar-refractivity contribution in [3.63, 3.8) is 0 Å². The fourth-order valence-electron chi connectivity index (χ4n) is 5.54. The van der Waals surface area contributed by atoms with Crippen LogP contribution in [0.15, 0.2) is 61.2 Å². The van der Waals surface area contributed by atoms with E-state index in [1.807, 2.05) is 6.08 Å². The maximum Gasteiger partial charge on any atom is 0.0577 e. The number of allylic oxidation sites excluding steroid dienone is 1. The standard InChI is InChI=1S/C30H36O/c1-3-5-6-23-7-9-24(10-8-23)11-12-25-13-15-26(16-14-25)27-17-18-29-22-30(31-4-2)20-19-28(29)21-27/h3,7-10,13-16,27-30H,1,4-6,17-22H2,2H3. The Bertz CT molecular complexity index is 896. The van der Waals surface area contributed by atoms with Crippen LogP contribution in [0.25, 0.3) is 0 Å². The van der Waals surface area contributed by atoms with Gasteiger partial charge in [-0.15, -0.1) is 6.58 Å². The summed E-state index contributed by atoms with van der Waals surface area (Å²) in [5.41, 5.74) is 5.02. The number of aryl methyl sites for hydroxylation is 1. The molecule has 2 aromatic carbocycles. The van der Waals surface area contributed by atoms with Gasteiger partial charge in [0.25, 0.3) is 0 Å². The van der Waals surface area contributed by atoms with Gasteiger partial charge in [0.15, 0.2) is 0 Å². The predicted octanol–water partition coefficient (Wildman–Crippen LogP) is 7.29. The van der Waals surface area contributed by atoms with E-state index >= 15 is 0 Å². The molecular formula is C30H36O. The summed E-state index contributed by atoms with van der Waals surface area (Å²) < 4.78 is 5.92. The van der Waals surface area contributed by atoms with Crippen LogP contribution in [-0.2, 0) is 11.2 Å². The van der Waals surface area contributed by atoms with Crippen molar-refractivity contribution in [2.24, 2.45) is 11.8 Å². The molecule has 2 aliphatic carbocycles. The summed E-state index contributed by atoms with van der Waals surface area (Å²) in [4.78, 5) is 0. The molecule has 4 atom stereocenters. The van der Waals surface area contributed by atoms with Gasteiger partial charge in [0.1, 0.15) is 0 Å². The van der Waals surface area contributed by atoms with Crippen LogP contribution >= 0.6 is 0 Å². The van der Waals surface area contributed by atoms with Crippen molar-refractivity contribution in [2.45, 2.75) is 70.3 Å². The van der Waals surface area contributed by atoms with Crippen LogP contribution in [0.1, 0.15) is 80.0 Å². The highest BCUT2D eigenvalue weighted by Gasteiger charge is 2.36. The topological polar surface area (TPSA) is 9.23 Å². The van der Waals surface area contributed by atoms with Crippen LogP contribution in [-0.4, -0.2) is 12.7 Å². The summed E-state index contributed by atoms with van der Waals surface area (Å²) in [5.74, 6) is 9.14. The first kappa shape index (κ1) is 21.9. The molecule has 0 amide bonds. The SMILES string of the molecule is C=CCCc1ccc(C#Cc2ccc(C3CCC4CC(OCC)CCC4C3)cc2)cc1. The molecule has 0 heterocycles. The van der Waals surface area contributed by atoms with Crippen molar-refractivity contribution >= 4 is 0 Å². The Morgan fingerprint density at radius 3 is 2.19 bits per heavy atom. The second-order valence-electron chi connectivity index (χ2n) is 9.32. The fraction of sp³-hybridized carbons (Fsp3) is 0.467. The van der Waals surface area contributed by atoms with Crippen molar-refractivity contribution < 1.29 is 4.74 Å². The van der Waals surface area contributed by atoms with Gasteiger partial charge in [0.05, 0.1) is 6.10 Å². The van der Waals surface area contributed by atoms with E-state index in [4.69, 9.17) is 4.74 Å². The molecule has 4 unspecified atom stereocenters. The minimum Gasteiger partial charge on any atom is -0.378 e. The summed E-state index contributed by atoms with van der Waals surface area (Å²) in [7, 11) is 0. The maximum atomic E-state index is 5.92. The van der Waals surface area contributed by atoms with Crippen molar-refractivity contribution in [1.29, 1.82) is 0 Å². The lowest BCUT2D eigenvalue weighted by Crippen LogP contribution is -2.33. The number of ether oxygens (including phenoxy) is 1. The molecule has 2 fully saturated rings. The molecule has 1 heteroatoms. The molecule has 2 aromatic rings. The van der Waals surface area contributed by atoms with E-state index < -0.39 is 0 Å². The molecule has 0 aliphatic heterocycles. The number of fused-ring (bicyclic) bond motifs is 1. The molecule has 0 aromatic heterocycles. The van der Waals surface area contributed by atoms with Crippen LogP contribution in [0.2, 0.25) is 0 Å². The number of rotatable bonds is 6. The Kier molecular flexibility index (Phi) is 7.66. The van der Waals surface area contributed by atoms with E-state index in [9.17, 15) is 0 Å². The van der Waals surface area contributed by atoms with Crippen molar-refractivity contribution in [3.05, 3.63) is 83.4 Å². The molecule has 0 N–H and O–H groups in total. The van der Waals surface area contributed by atoms with Gasteiger partial charge >= 0.3 is 0 Å². The Morgan fingerprint density at radius 2 is 1.52 bits per heavy atom. The first-order valence-corrected chi connectivity index (χ1v) is 12.2. The second-order valence-corrected chi connectivity index (χ2v) is 9.32. The van der Waals surface area contributed by atoms with E-state index in [2.05, 4.69) is 73.9 Å². The van der Waals surface area contributed by atoms with Gasteiger partial charge in [-0.2, -0.15) is 0 Å². The van der Waals surface area contributed by atoms with Crippen LogP contribution in [0.4, 0.5) is 0 Å². The lowest BCUT2D eigenvalue weighted by Gasteiger charge is -2.42. The zero-order chi connectivity index (χ0) is 21.5. The summed E-state index contributed by atoms with van der Waals surface area (Å²) in [6.45, 7) is 6.78. The van der Waals surface area contributed by atoms with Gasteiger partial charge in [-0.1, -0.05) is 42.2 Å². The van der Waals surface area contributed by atoms with E-state index in [-0.39, 0.29) is 0 Å². The highest BCUT2D eigenvalue weighted by atomic mass is 16.5. The normalized spacial score (nSPS) is 25.2. The third-order valence-electron chi connectivity index (χ3n) is 7.29. The number of hydrogen-bond acceptors (Lipinski definition) is 1. The van der Waals surface area contributed by atoms with Crippen LogP contribution in [0.3, 0.4) is 0 Å². The third kappa shape index (κ3) is 5.90. The molecule has 2 saturated carbocycles. The van der Waals surface area contributed by atoms with E-state index in [0.29, 0.717) is 6.10 Å². The van der Waals surface area contributed by atoms with Gasteiger partial charge < -0.3 is 4.74 Å². The summed E-state index contributed by atoms with van der Waals surface area (Å²) in [6.07, 6.45) is 12.5. The minimum absolute atomic E-state index is 0.518. The van der Waals surface area contributed by atoms with E-state index in [1.165, 1.54) is 49.7 Å². The monoisotopic (exact) mass is 412 g/mol. The molecule has 0 spiro atoms. The molecule has 1 nitrogen and oxygen atoms in total. The highest BCUT2D eigenvalue weighted by Crippen LogP contribution is 2.46. The molecule has 0 radical (unpaired) electrons. The lowest BCUT2D eigenvalue weighted by molar-refractivity contribution is -0.00955. The number of hydrogen-bond donors (Lipinski definition) is 0. The van der Waals surface area contributed by atoms with E-state index in [0.717, 1.165) is 48.3 Å². The van der Waals surface area contributed by atoms with Gasteiger partial charge in [-0.05, 0) is 111 Å². The smallest absolute Gasteiger partial charge is 0.0577 e. The molecule has 162 valence electrons. The second kappa shape index (κ2) is 10.8. The zero-order valence-corrected chi connectivity index (χ0v) is 19.0. The lowest BCUT2D eigenvalue weighted by atomic mass is 9.65. The van der Waals surface area contributed by atoms with E-state index in [1.54, 1.807) is 0 Å². The van der Waals surface area contributed by atoms with Gasteiger partial charge in [0, 0.05) is 17.7 Å². The number of benzene rings is 2. The largest absolute Gasteiger partial charge is 0.378 e. The van der Waals surface area contributed by atoms with Crippen molar-refractivity contribution in [2.75, 3.05) is 6.61 Å². The first-order chi connectivity index (χ1) is 15.2. The average molecular weight is 413 g/mol. The third-order valence-corrected chi connectivity index (χ3v) is 7.29. The van der Waals surface area contributed by atoms with Crippen LogP contribution < -0.4 is 0 Å². The molecule has 2 aliphatic rings. The maximum absolute atomic E-state index is 5.92.